The molecule has 98 valence electrons. The molecule has 1 heterocycles. The quantitative estimate of drug-likeness (QED) is 0.855. The van der Waals surface area contributed by atoms with Gasteiger partial charge in [-0.1, -0.05) is 34.1 Å². The van der Waals surface area contributed by atoms with Crippen LogP contribution in [0.15, 0.2) is 33.6 Å². The highest BCUT2D eigenvalue weighted by atomic mass is 79.9. The maximum atomic E-state index is 11.9. The Bertz CT molecular complexity index is 599. The molecule has 0 bridgehead atoms. The number of aliphatic carboxylic acids is 1. The van der Waals surface area contributed by atoms with E-state index in [4.69, 9.17) is 5.11 Å². The molecule has 0 atom stereocenters. The number of rotatable bonds is 3. The molecule has 1 saturated heterocycles. The van der Waals surface area contributed by atoms with Gasteiger partial charge in [-0.2, -0.15) is 0 Å². The summed E-state index contributed by atoms with van der Waals surface area (Å²) in [7, 11) is 0. The molecule has 19 heavy (non-hydrogen) atoms. The van der Waals surface area contributed by atoms with Gasteiger partial charge in [-0.15, -0.1) is 0 Å². The fourth-order valence-electron chi connectivity index (χ4n) is 1.50. The molecule has 0 aliphatic carbocycles. The number of carbonyl (C=O) groups excluding carboxylic acids is 2. The summed E-state index contributed by atoms with van der Waals surface area (Å²) in [6.45, 7) is -0.613. The largest absolute Gasteiger partial charge is 0.480 e. The van der Waals surface area contributed by atoms with Crippen molar-refractivity contribution < 1.29 is 19.5 Å². The first-order chi connectivity index (χ1) is 8.99. The van der Waals surface area contributed by atoms with E-state index in [0.29, 0.717) is 0 Å². The van der Waals surface area contributed by atoms with Gasteiger partial charge in [0.15, 0.2) is 0 Å². The first kappa shape index (κ1) is 13.8. The van der Waals surface area contributed by atoms with E-state index in [-0.39, 0.29) is 4.91 Å². The lowest BCUT2D eigenvalue weighted by Crippen LogP contribution is -2.33. The van der Waals surface area contributed by atoms with E-state index in [0.717, 1.165) is 26.7 Å². The van der Waals surface area contributed by atoms with Crippen molar-refractivity contribution in [2.24, 2.45) is 0 Å². The Hall–Kier alpha value is -1.60. The first-order valence-corrected chi connectivity index (χ1v) is 6.81. The molecule has 7 heteroatoms. The Morgan fingerprint density at radius 1 is 1.37 bits per heavy atom. The van der Waals surface area contributed by atoms with Crippen molar-refractivity contribution in [2.45, 2.75) is 0 Å². The number of thioether (sulfide) groups is 1. The highest BCUT2D eigenvalue weighted by Crippen LogP contribution is 2.33. The summed E-state index contributed by atoms with van der Waals surface area (Å²) in [5.74, 6) is -1.79. The predicted octanol–water partition coefficient (Wildman–Crippen LogP) is 2.57. The fourth-order valence-corrected chi connectivity index (χ4v) is 2.73. The normalized spacial score (nSPS) is 17.3. The van der Waals surface area contributed by atoms with Crippen LogP contribution in [0.4, 0.5) is 4.79 Å². The predicted molar refractivity (Wildman–Crippen MR) is 74.5 cm³/mol. The number of halogens is 1. The number of carbonyl (C=O) groups is 3. The van der Waals surface area contributed by atoms with E-state index in [2.05, 4.69) is 15.9 Å². The van der Waals surface area contributed by atoms with Crippen LogP contribution in [0.2, 0.25) is 0 Å². The number of imide groups is 1. The van der Waals surface area contributed by atoms with Crippen LogP contribution < -0.4 is 0 Å². The molecule has 0 spiro atoms. The minimum atomic E-state index is -1.22. The molecule has 1 fully saturated rings. The van der Waals surface area contributed by atoms with Crippen LogP contribution in [0, 0.1) is 0 Å². The third kappa shape index (κ3) is 3.05. The van der Waals surface area contributed by atoms with Gasteiger partial charge in [0.25, 0.3) is 11.1 Å². The molecular formula is C12H8BrNO4S. The van der Waals surface area contributed by atoms with E-state index in [1.807, 2.05) is 12.1 Å². The van der Waals surface area contributed by atoms with E-state index >= 15 is 0 Å². The second-order valence-electron chi connectivity index (χ2n) is 3.68. The summed E-state index contributed by atoms with van der Waals surface area (Å²) in [6, 6.07) is 7.23. The lowest BCUT2D eigenvalue weighted by molar-refractivity contribution is -0.140. The van der Waals surface area contributed by atoms with Gasteiger partial charge in [0, 0.05) is 4.47 Å². The molecule has 0 unspecified atom stereocenters. The molecule has 1 N–H and O–H groups in total. The van der Waals surface area contributed by atoms with Gasteiger partial charge >= 0.3 is 5.97 Å². The number of benzene rings is 1. The van der Waals surface area contributed by atoms with Crippen LogP contribution >= 0.6 is 27.7 Å². The topological polar surface area (TPSA) is 74.7 Å². The Morgan fingerprint density at radius 2 is 2.05 bits per heavy atom. The molecule has 0 radical (unpaired) electrons. The number of hydrogen-bond acceptors (Lipinski definition) is 4. The smallest absolute Gasteiger partial charge is 0.323 e. The van der Waals surface area contributed by atoms with E-state index in [9.17, 15) is 14.4 Å². The SMILES string of the molecule is O=C(O)CN1C(=O)SC(=Cc2ccccc2Br)C1=O. The van der Waals surface area contributed by atoms with Gasteiger partial charge in [-0.05, 0) is 29.5 Å². The fraction of sp³-hybridized carbons (Fsp3) is 0.0833. The molecule has 1 aromatic carbocycles. The molecule has 1 aliphatic rings. The Labute approximate surface area is 121 Å². The molecule has 1 aliphatic heterocycles. The van der Waals surface area contributed by atoms with Crippen molar-refractivity contribution in [3.05, 3.63) is 39.2 Å². The molecule has 0 saturated carbocycles. The zero-order chi connectivity index (χ0) is 14.0. The summed E-state index contributed by atoms with van der Waals surface area (Å²) < 4.78 is 0.792. The van der Waals surface area contributed by atoms with E-state index in [1.165, 1.54) is 0 Å². The molecular weight excluding hydrogens is 334 g/mol. The van der Waals surface area contributed by atoms with Gasteiger partial charge in [0.2, 0.25) is 0 Å². The van der Waals surface area contributed by atoms with Gasteiger partial charge in [-0.3, -0.25) is 19.3 Å². The van der Waals surface area contributed by atoms with Crippen molar-refractivity contribution in [1.82, 2.24) is 4.90 Å². The van der Waals surface area contributed by atoms with Crippen LogP contribution in [0.25, 0.3) is 6.08 Å². The van der Waals surface area contributed by atoms with Crippen LogP contribution in [-0.4, -0.2) is 33.7 Å². The third-order valence-electron chi connectivity index (χ3n) is 2.36. The van der Waals surface area contributed by atoms with Crippen molar-refractivity contribution in [1.29, 1.82) is 0 Å². The molecule has 0 aromatic heterocycles. The van der Waals surface area contributed by atoms with Gasteiger partial charge in [0.05, 0.1) is 4.91 Å². The lowest BCUT2D eigenvalue weighted by Gasteiger charge is -2.07. The minimum Gasteiger partial charge on any atom is -0.480 e. The van der Waals surface area contributed by atoms with E-state index < -0.39 is 23.7 Å². The van der Waals surface area contributed by atoms with Crippen molar-refractivity contribution >= 4 is 50.9 Å². The molecule has 2 amide bonds. The summed E-state index contributed by atoms with van der Waals surface area (Å²) in [4.78, 5) is 35.0. The second-order valence-corrected chi connectivity index (χ2v) is 5.53. The monoisotopic (exact) mass is 341 g/mol. The highest BCUT2D eigenvalue weighted by molar-refractivity contribution is 9.10. The first-order valence-electron chi connectivity index (χ1n) is 5.20. The van der Waals surface area contributed by atoms with Crippen molar-refractivity contribution in [2.75, 3.05) is 6.54 Å². The van der Waals surface area contributed by atoms with Crippen LogP contribution in [-0.2, 0) is 9.59 Å². The number of hydrogen-bond donors (Lipinski definition) is 1. The maximum Gasteiger partial charge on any atom is 0.323 e. The Morgan fingerprint density at radius 3 is 2.68 bits per heavy atom. The average molecular weight is 342 g/mol. The zero-order valence-corrected chi connectivity index (χ0v) is 11.9. The Balaban J connectivity index is 2.28. The van der Waals surface area contributed by atoms with Crippen LogP contribution in [0.3, 0.4) is 0 Å². The standard InChI is InChI=1S/C12H8BrNO4S/c13-8-4-2-1-3-7(8)5-9-11(17)14(6-10(15)16)12(18)19-9/h1-5H,6H2,(H,15,16). The van der Waals surface area contributed by atoms with Crippen LogP contribution in [0.5, 0.6) is 0 Å². The lowest BCUT2D eigenvalue weighted by atomic mass is 10.2. The minimum absolute atomic E-state index is 0.221. The number of nitrogens with zero attached hydrogens (tertiary/aromatic N) is 1. The molecule has 2 rings (SSSR count). The van der Waals surface area contributed by atoms with Gasteiger partial charge in [-0.25, -0.2) is 0 Å². The summed E-state index contributed by atoms with van der Waals surface area (Å²) >= 11 is 4.08. The number of amides is 2. The third-order valence-corrected chi connectivity index (χ3v) is 3.99. The average Bonchev–Trinajstić information content (AvgIpc) is 2.60. The Kier molecular flexibility index (Phi) is 4.06. The summed E-state index contributed by atoms with van der Waals surface area (Å²) in [6.07, 6.45) is 1.57. The van der Waals surface area contributed by atoms with Crippen LogP contribution in [0.1, 0.15) is 5.56 Å². The van der Waals surface area contributed by atoms with Gasteiger partial charge < -0.3 is 5.11 Å². The van der Waals surface area contributed by atoms with Gasteiger partial charge in [0.1, 0.15) is 6.54 Å². The number of carboxylic acids is 1. The number of carboxylic acid groups (broad SMARTS) is 1. The van der Waals surface area contributed by atoms with Crippen molar-refractivity contribution in [3.63, 3.8) is 0 Å². The van der Waals surface area contributed by atoms with E-state index in [1.54, 1.807) is 18.2 Å². The summed E-state index contributed by atoms with van der Waals surface area (Å²) in [5, 5.41) is 8.08. The zero-order valence-electron chi connectivity index (χ0n) is 9.50. The summed E-state index contributed by atoms with van der Waals surface area (Å²) in [5.41, 5.74) is 0.753. The molecule has 1 aromatic rings. The maximum absolute atomic E-state index is 11.9. The van der Waals surface area contributed by atoms with Crippen molar-refractivity contribution in [3.8, 4) is 0 Å². The highest BCUT2D eigenvalue weighted by Gasteiger charge is 2.36. The molecule has 5 nitrogen and oxygen atoms in total. The second kappa shape index (κ2) is 5.58.